The first kappa shape index (κ1) is 23.9. The lowest BCUT2D eigenvalue weighted by Gasteiger charge is -2.31. The average Bonchev–Trinajstić information content (AvgIpc) is 2.85. The third-order valence-corrected chi connectivity index (χ3v) is 7.35. The summed E-state index contributed by atoms with van der Waals surface area (Å²) >= 11 is 0. The average molecular weight is 481 g/mol. The Balaban J connectivity index is 1.50. The van der Waals surface area contributed by atoms with E-state index < -0.39 is 22.2 Å². The van der Waals surface area contributed by atoms with E-state index in [4.69, 9.17) is 4.74 Å². The first-order valence-electron chi connectivity index (χ1n) is 11.3. The van der Waals surface area contributed by atoms with Gasteiger partial charge >= 0.3 is 0 Å². The van der Waals surface area contributed by atoms with Crippen molar-refractivity contribution in [3.8, 4) is 5.75 Å². The number of aryl methyl sites for hydroxylation is 2. The van der Waals surface area contributed by atoms with E-state index in [0.717, 1.165) is 17.5 Å². The van der Waals surface area contributed by atoms with E-state index in [0.29, 0.717) is 29.8 Å². The van der Waals surface area contributed by atoms with Crippen LogP contribution in [0.15, 0.2) is 77.7 Å². The molecule has 0 bridgehead atoms. The van der Waals surface area contributed by atoms with Crippen LogP contribution < -0.4 is 14.8 Å². The highest BCUT2D eigenvalue weighted by Crippen LogP contribution is 2.33. The lowest BCUT2D eigenvalue weighted by Crippen LogP contribution is -2.39. The normalized spacial score (nSPS) is 17.6. The summed E-state index contributed by atoms with van der Waals surface area (Å²) in [6, 6.07) is 20.3. The van der Waals surface area contributed by atoms with Crippen molar-refractivity contribution in [1.82, 2.24) is 4.72 Å². The maximum absolute atomic E-state index is 13.0. The molecule has 8 heteroatoms. The molecule has 0 heterocycles. The summed E-state index contributed by atoms with van der Waals surface area (Å²) in [4.78, 5) is 12.5. The van der Waals surface area contributed by atoms with Crippen LogP contribution in [0, 0.1) is 0 Å². The second kappa shape index (κ2) is 10.4. The summed E-state index contributed by atoms with van der Waals surface area (Å²) in [5, 5.41) is 13.4. The molecule has 4 rings (SSSR count). The van der Waals surface area contributed by atoms with Crippen LogP contribution >= 0.6 is 0 Å². The highest BCUT2D eigenvalue weighted by atomic mass is 32.2. The number of sulfonamides is 1. The molecule has 0 aliphatic heterocycles. The van der Waals surface area contributed by atoms with E-state index in [1.807, 2.05) is 31.2 Å². The highest BCUT2D eigenvalue weighted by molar-refractivity contribution is 7.89. The fraction of sp³-hybridized carbons (Fsp3) is 0.269. The number of aliphatic hydroxyl groups is 1. The van der Waals surface area contributed by atoms with E-state index in [1.54, 1.807) is 48.5 Å². The molecule has 0 radical (unpaired) electrons. The van der Waals surface area contributed by atoms with Crippen molar-refractivity contribution in [1.29, 1.82) is 0 Å². The number of nitrogens with one attached hydrogen (secondary N) is 2. The molecular formula is C26H28N2O5S. The maximum Gasteiger partial charge on any atom is 0.262 e. The second-order valence-electron chi connectivity index (χ2n) is 8.27. The molecule has 7 nitrogen and oxygen atoms in total. The van der Waals surface area contributed by atoms with Crippen molar-refractivity contribution in [2.24, 2.45) is 0 Å². The third kappa shape index (κ3) is 5.64. The molecule has 1 aliphatic rings. The minimum atomic E-state index is -3.85. The molecule has 3 N–H and O–H groups in total. The van der Waals surface area contributed by atoms with Crippen LogP contribution in [0.4, 0.5) is 5.69 Å². The van der Waals surface area contributed by atoms with Gasteiger partial charge in [0.05, 0.1) is 17.0 Å². The van der Waals surface area contributed by atoms with Gasteiger partial charge in [0, 0.05) is 5.69 Å². The molecule has 0 saturated carbocycles. The molecule has 1 amide bonds. The number of anilines is 1. The summed E-state index contributed by atoms with van der Waals surface area (Å²) in [7, 11) is -3.85. The highest BCUT2D eigenvalue weighted by Gasteiger charge is 2.32. The van der Waals surface area contributed by atoms with Gasteiger partial charge in [-0.2, -0.15) is 0 Å². The minimum absolute atomic E-state index is 0.145. The Bertz CT molecular complexity index is 1240. The van der Waals surface area contributed by atoms with Crippen LogP contribution in [0.2, 0.25) is 0 Å². The number of fused-ring (bicyclic) bond motifs is 1. The standard InChI is InChI=1S/C26H28N2O5S/c1-2-18-8-13-22(14-9-18)34(31,32)28-26-23-16-20(12-10-19(23)11-15-24(26)29)27-25(30)17-33-21-6-4-3-5-7-21/h3-10,12-14,16,24,26,28-29H,2,11,15,17H2,1H3,(H,27,30)/t24-,26-/m1/s1. The molecule has 0 spiro atoms. The molecule has 3 aromatic carbocycles. The van der Waals surface area contributed by atoms with Crippen LogP contribution in [0.5, 0.6) is 5.75 Å². The zero-order chi connectivity index (χ0) is 24.1. The smallest absolute Gasteiger partial charge is 0.262 e. The first-order valence-corrected chi connectivity index (χ1v) is 12.7. The van der Waals surface area contributed by atoms with Crippen LogP contribution in [-0.2, 0) is 27.7 Å². The van der Waals surface area contributed by atoms with Gasteiger partial charge in [-0.05, 0) is 72.4 Å². The molecule has 0 aromatic heterocycles. The number of ether oxygens (including phenoxy) is 1. The predicted molar refractivity (Wildman–Crippen MR) is 130 cm³/mol. The Morgan fingerprint density at radius 2 is 1.79 bits per heavy atom. The Kier molecular flexibility index (Phi) is 7.31. The van der Waals surface area contributed by atoms with Gasteiger partial charge in [0.15, 0.2) is 6.61 Å². The Labute approximate surface area is 199 Å². The van der Waals surface area contributed by atoms with E-state index in [1.165, 1.54) is 0 Å². The van der Waals surface area contributed by atoms with Gasteiger partial charge in [-0.1, -0.05) is 43.3 Å². The topological polar surface area (TPSA) is 105 Å². The van der Waals surface area contributed by atoms with Crippen molar-refractivity contribution < 1.29 is 23.1 Å². The van der Waals surface area contributed by atoms with E-state index in [-0.39, 0.29) is 17.4 Å². The number of benzene rings is 3. The molecule has 0 fully saturated rings. The number of carbonyl (C=O) groups excluding carboxylic acids is 1. The van der Waals surface area contributed by atoms with Crippen LogP contribution in [0.25, 0.3) is 0 Å². The molecule has 178 valence electrons. The summed E-state index contributed by atoms with van der Waals surface area (Å²) < 4.78 is 34.2. The summed E-state index contributed by atoms with van der Waals surface area (Å²) in [6.45, 7) is 1.84. The predicted octanol–water partition coefficient (Wildman–Crippen LogP) is 3.59. The monoisotopic (exact) mass is 480 g/mol. The fourth-order valence-corrected chi connectivity index (χ4v) is 5.26. The van der Waals surface area contributed by atoms with E-state index in [2.05, 4.69) is 10.0 Å². The minimum Gasteiger partial charge on any atom is -0.484 e. The van der Waals surface area contributed by atoms with Gasteiger partial charge in [0.2, 0.25) is 10.0 Å². The Hall–Kier alpha value is -3.20. The number of carbonyl (C=O) groups is 1. The lowest BCUT2D eigenvalue weighted by atomic mass is 9.86. The van der Waals surface area contributed by atoms with Gasteiger partial charge < -0.3 is 15.2 Å². The molecular weight excluding hydrogens is 452 g/mol. The van der Waals surface area contributed by atoms with Gasteiger partial charge in [-0.25, -0.2) is 13.1 Å². The van der Waals surface area contributed by atoms with E-state index >= 15 is 0 Å². The SMILES string of the molecule is CCc1ccc(S(=O)(=O)N[C@@H]2c3cc(NC(=O)COc4ccccc4)ccc3CC[C@H]2O)cc1. The molecule has 3 aromatic rings. The first-order chi connectivity index (χ1) is 16.4. The number of amides is 1. The fourth-order valence-electron chi connectivity index (χ4n) is 4.01. The van der Waals surface area contributed by atoms with Gasteiger partial charge in [0.1, 0.15) is 5.75 Å². The number of aliphatic hydroxyl groups excluding tert-OH is 1. The zero-order valence-corrected chi connectivity index (χ0v) is 19.7. The summed E-state index contributed by atoms with van der Waals surface area (Å²) in [5.41, 5.74) is 3.12. The maximum atomic E-state index is 13.0. The third-order valence-electron chi connectivity index (χ3n) is 5.90. The number of para-hydroxylation sites is 1. The van der Waals surface area contributed by atoms with Crippen molar-refractivity contribution in [3.05, 3.63) is 89.5 Å². The Morgan fingerprint density at radius 1 is 1.06 bits per heavy atom. The molecule has 0 saturated heterocycles. The van der Waals surface area contributed by atoms with Crippen LogP contribution in [-0.4, -0.2) is 32.1 Å². The second-order valence-corrected chi connectivity index (χ2v) is 9.98. The molecule has 1 aliphatic carbocycles. The number of rotatable bonds is 8. The molecule has 34 heavy (non-hydrogen) atoms. The van der Waals surface area contributed by atoms with Gasteiger partial charge in [-0.3, -0.25) is 4.79 Å². The van der Waals surface area contributed by atoms with Crippen LogP contribution in [0.3, 0.4) is 0 Å². The quantitative estimate of drug-likeness (QED) is 0.457. The zero-order valence-electron chi connectivity index (χ0n) is 18.9. The number of hydrogen-bond donors (Lipinski definition) is 3. The van der Waals surface area contributed by atoms with Crippen molar-refractivity contribution >= 4 is 21.6 Å². The summed E-state index contributed by atoms with van der Waals surface area (Å²) in [5.74, 6) is 0.251. The van der Waals surface area contributed by atoms with Crippen LogP contribution in [0.1, 0.15) is 36.1 Å². The van der Waals surface area contributed by atoms with Crippen molar-refractivity contribution in [2.45, 2.75) is 43.2 Å². The van der Waals surface area contributed by atoms with E-state index in [9.17, 15) is 18.3 Å². The summed E-state index contributed by atoms with van der Waals surface area (Å²) in [6.07, 6.45) is 0.981. The van der Waals surface area contributed by atoms with Crippen molar-refractivity contribution in [2.75, 3.05) is 11.9 Å². The molecule has 0 unspecified atom stereocenters. The van der Waals surface area contributed by atoms with Crippen molar-refractivity contribution in [3.63, 3.8) is 0 Å². The number of hydrogen-bond acceptors (Lipinski definition) is 5. The largest absolute Gasteiger partial charge is 0.484 e. The lowest BCUT2D eigenvalue weighted by molar-refractivity contribution is -0.118. The molecule has 2 atom stereocenters. The van der Waals surface area contributed by atoms with Gasteiger partial charge in [-0.15, -0.1) is 0 Å². The Morgan fingerprint density at radius 3 is 2.50 bits per heavy atom. The van der Waals surface area contributed by atoms with Gasteiger partial charge in [0.25, 0.3) is 5.91 Å².